The zero-order valence-electron chi connectivity index (χ0n) is 15.0. The minimum atomic E-state index is -0.380. The highest BCUT2D eigenvalue weighted by atomic mass is 16.2. The maximum Gasteiger partial charge on any atom is 0.261 e. The number of carbonyl (C=O) groups excluding carboxylic acids is 3. The molecule has 1 aliphatic heterocycles. The van der Waals surface area contributed by atoms with E-state index in [1.54, 1.807) is 6.07 Å². The normalized spacial score (nSPS) is 14.5. The van der Waals surface area contributed by atoms with Crippen LogP contribution in [0.25, 0.3) is 0 Å². The smallest absolute Gasteiger partial charge is 0.261 e. The van der Waals surface area contributed by atoms with Crippen LogP contribution in [-0.2, 0) is 0 Å². The van der Waals surface area contributed by atoms with Gasteiger partial charge < -0.3 is 10.2 Å². The molecule has 6 heteroatoms. The van der Waals surface area contributed by atoms with Crippen molar-refractivity contribution in [2.24, 2.45) is 0 Å². The summed E-state index contributed by atoms with van der Waals surface area (Å²) in [7, 11) is 5.35. The SMILES string of the molecule is CN1C(=O)c2ccc(C(=O)NCC(c3ccccc3)N(C)C)cc2C1=O. The number of benzene rings is 2. The summed E-state index contributed by atoms with van der Waals surface area (Å²) in [5.74, 6) is -0.991. The van der Waals surface area contributed by atoms with Gasteiger partial charge >= 0.3 is 0 Å². The van der Waals surface area contributed by atoms with Gasteiger partial charge in [-0.05, 0) is 37.9 Å². The fourth-order valence-electron chi connectivity index (χ4n) is 3.07. The van der Waals surface area contributed by atoms with Gasteiger partial charge in [0.15, 0.2) is 0 Å². The number of fused-ring (bicyclic) bond motifs is 1. The first-order chi connectivity index (χ1) is 12.4. The third-order valence-electron chi connectivity index (χ3n) is 4.62. The van der Waals surface area contributed by atoms with E-state index in [2.05, 4.69) is 5.32 Å². The molecule has 6 nitrogen and oxygen atoms in total. The number of amides is 3. The molecule has 1 heterocycles. The molecule has 1 N–H and O–H groups in total. The summed E-state index contributed by atoms with van der Waals surface area (Å²) in [6.45, 7) is 0.430. The monoisotopic (exact) mass is 351 g/mol. The van der Waals surface area contributed by atoms with Crippen LogP contribution >= 0.6 is 0 Å². The quantitative estimate of drug-likeness (QED) is 0.836. The number of nitrogens with one attached hydrogen (secondary N) is 1. The summed E-state index contributed by atoms with van der Waals surface area (Å²) in [6, 6.07) is 14.6. The molecule has 3 amide bonds. The lowest BCUT2D eigenvalue weighted by molar-refractivity contribution is 0.0693. The summed E-state index contributed by atoms with van der Waals surface area (Å²) in [5.41, 5.74) is 2.08. The second kappa shape index (κ2) is 7.09. The number of likely N-dealkylation sites (N-methyl/N-ethyl adjacent to an activating group) is 1. The zero-order valence-corrected chi connectivity index (χ0v) is 15.0. The Balaban J connectivity index is 1.75. The van der Waals surface area contributed by atoms with Crippen LogP contribution in [0.1, 0.15) is 42.7 Å². The van der Waals surface area contributed by atoms with Crippen molar-refractivity contribution in [1.29, 1.82) is 0 Å². The number of hydrogen-bond acceptors (Lipinski definition) is 4. The van der Waals surface area contributed by atoms with E-state index in [0.29, 0.717) is 17.7 Å². The van der Waals surface area contributed by atoms with E-state index in [1.165, 1.54) is 19.2 Å². The number of hydrogen-bond donors (Lipinski definition) is 1. The lowest BCUT2D eigenvalue weighted by Crippen LogP contribution is -2.34. The summed E-state index contributed by atoms with van der Waals surface area (Å²) in [5, 5.41) is 2.92. The Bertz CT molecular complexity index is 862. The minimum Gasteiger partial charge on any atom is -0.350 e. The molecule has 0 saturated heterocycles. The molecule has 0 aliphatic carbocycles. The largest absolute Gasteiger partial charge is 0.350 e. The molecule has 0 fully saturated rings. The lowest BCUT2D eigenvalue weighted by Gasteiger charge is -2.25. The highest BCUT2D eigenvalue weighted by Gasteiger charge is 2.33. The molecular formula is C20H21N3O3. The fraction of sp³-hybridized carbons (Fsp3) is 0.250. The van der Waals surface area contributed by atoms with Gasteiger partial charge in [0.2, 0.25) is 0 Å². The zero-order chi connectivity index (χ0) is 18.8. The van der Waals surface area contributed by atoms with Crippen LogP contribution in [0.2, 0.25) is 0 Å². The molecule has 0 saturated carbocycles. The average Bonchev–Trinajstić information content (AvgIpc) is 2.86. The molecule has 0 spiro atoms. The molecule has 0 radical (unpaired) electrons. The highest BCUT2D eigenvalue weighted by Crippen LogP contribution is 2.23. The van der Waals surface area contributed by atoms with Crippen LogP contribution in [0.4, 0.5) is 0 Å². The van der Waals surface area contributed by atoms with Crippen LogP contribution in [0, 0.1) is 0 Å². The second-order valence-corrected chi connectivity index (χ2v) is 6.53. The lowest BCUT2D eigenvalue weighted by atomic mass is 10.0. The van der Waals surface area contributed by atoms with Gasteiger partial charge in [0.05, 0.1) is 17.2 Å². The highest BCUT2D eigenvalue weighted by molar-refractivity contribution is 6.21. The summed E-state index contributed by atoms with van der Waals surface area (Å²) in [6.07, 6.45) is 0. The van der Waals surface area contributed by atoms with Crippen LogP contribution < -0.4 is 5.32 Å². The van der Waals surface area contributed by atoms with Crippen LogP contribution in [-0.4, -0.2) is 55.2 Å². The summed E-state index contributed by atoms with van der Waals surface area (Å²) < 4.78 is 0. The van der Waals surface area contributed by atoms with E-state index >= 15 is 0 Å². The van der Waals surface area contributed by atoms with E-state index < -0.39 is 0 Å². The van der Waals surface area contributed by atoms with E-state index in [0.717, 1.165) is 10.5 Å². The molecule has 2 aromatic rings. The Morgan fingerprint density at radius 1 is 1.04 bits per heavy atom. The van der Waals surface area contributed by atoms with Crippen LogP contribution in [0.15, 0.2) is 48.5 Å². The van der Waals surface area contributed by atoms with Crippen molar-refractivity contribution >= 4 is 17.7 Å². The van der Waals surface area contributed by atoms with Crippen molar-refractivity contribution in [1.82, 2.24) is 15.1 Å². The third kappa shape index (κ3) is 3.23. The van der Waals surface area contributed by atoms with Gasteiger partial charge in [0, 0.05) is 19.2 Å². The van der Waals surface area contributed by atoms with Gasteiger partial charge in [0.25, 0.3) is 17.7 Å². The van der Waals surface area contributed by atoms with Gasteiger partial charge in [0.1, 0.15) is 0 Å². The molecule has 0 aromatic heterocycles. The van der Waals surface area contributed by atoms with Crippen LogP contribution in [0.3, 0.4) is 0 Å². The van der Waals surface area contributed by atoms with Crippen molar-refractivity contribution in [2.45, 2.75) is 6.04 Å². The number of carbonyl (C=O) groups is 3. The van der Waals surface area contributed by atoms with Gasteiger partial charge in [-0.3, -0.25) is 19.3 Å². The molecule has 3 rings (SSSR count). The Hall–Kier alpha value is -2.99. The number of nitrogens with zero attached hydrogens (tertiary/aromatic N) is 2. The maximum absolute atomic E-state index is 12.5. The summed E-state index contributed by atoms with van der Waals surface area (Å²) in [4.78, 5) is 39.7. The maximum atomic E-state index is 12.5. The fourth-order valence-corrected chi connectivity index (χ4v) is 3.07. The Kier molecular flexibility index (Phi) is 4.86. The Morgan fingerprint density at radius 2 is 1.69 bits per heavy atom. The van der Waals surface area contributed by atoms with Crippen molar-refractivity contribution in [3.8, 4) is 0 Å². The first kappa shape index (κ1) is 17.8. The van der Waals surface area contributed by atoms with Gasteiger partial charge in [-0.15, -0.1) is 0 Å². The standard InChI is InChI=1S/C20H21N3O3/c1-22(2)17(13-7-5-4-6-8-13)12-21-18(24)14-9-10-15-16(11-14)20(26)23(3)19(15)25/h4-11,17H,12H2,1-3H3,(H,21,24). The first-order valence-corrected chi connectivity index (χ1v) is 8.36. The van der Waals surface area contributed by atoms with E-state index in [9.17, 15) is 14.4 Å². The number of imide groups is 1. The van der Waals surface area contributed by atoms with Gasteiger partial charge in [-0.2, -0.15) is 0 Å². The summed E-state index contributed by atoms with van der Waals surface area (Å²) >= 11 is 0. The molecule has 1 unspecified atom stereocenters. The first-order valence-electron chi connectivity index (χ1n) is 8.36. The molecule has 1 aliphatic rings. The van der Waals surface area contributed by atoms with Gasteiger partial charge in [-0.25, -0.2) is 0 Å². The predicted molar refractivity (Wildman–Crippen MR) is 98.1 cm³/mol. The predicted octanol–water partition coefficient (Wildman–Crippen LogP) is 1.95. The molecular weight excluding hydrogens is 330 g/mol. The van der Waals surface area contributed by atoms with E-state index in [1.807, 2.05) is 49.3 Å². The Labute approximate surface area is 152 Å². The van der Waals surface area contributed by atoms with E-state index in [-0.39, 0.29) is 29.3 Å². The molecule has 2 aromatic carbocycles. The van der Waals surface area contributed by atoms with Crippen molar-refractivity contribution in [3.63, 3.8) is 0 Å². The second-order valence-electron chi connectivity index (χ2n) is 6.53. The molecule has 0 bridgehead atoms. The average molecular weight is 351 g/mol. The molecule has 134 valence electrons. The molecule has 1 atom stereocenters. The van der Waals surface area contributed by atoms with Crippen molar-refractivity contribution in [3.05, 3.63) is 70.8 Å². The Morgan fingerprint density at radius 3 is 2.35 bits per heavy atom. The number of rotatable bonds is 5. The van der Waals surface area contributed by atoms with E-state index in [4.69, 9.17) is 0 Å². The van der Waals surface area contributed by atoms with Crippen molar-refractivity contribution < 1.29 is 14.4 Å². The van der Waals surface area contributed by atoms with Crippen LogP contribution in [0.5, 0.6) is 0 Å². The van der Waals surface area contributed by atoms with Crippen molar-refractivity contribution in [2.75, 3.05) is 27.7 Å². The van der Waals surface area contributed by atoms with Gasteiger partial charge in [-0.1, -0.05) is 30.3 Å². The molecule has 26 heavy (non-hydrogen) atoms. The minimum absolute atomic E-state index is 0.0314. The topological polar surface area (TPSA) is 69.7 Å². The third-order valence-corrected chi connectivity index (χ3v) is 4.62.